The van der Waals surface area contributed by atoms with Crippen LogP contribution in [0.3, 0.4) is 0 Å². The van der Waals surface area contributed by atoms with Crippen LogP contribution in [-0.4, -0.2) is 33.9 Å². The number of halogens is 1. The summed E-state index contributed by atoms with van der Waals surface area (Å²) in [6.45, 7) is 2.62. The minimum atomic E-state index is -0.216. The second-order valence-corrected chi connectivity index (χ2v) is 8.23. The summed E-state index contributed by atoms with van der Waals surface area (Å²) in [4.78, 5) is 23.8. The van der Waals surface area contributed by atoms with Crippen LogP contribution in [0.1, 0.15) is 39.9 Å². The third-order valence-corrected chi connectivity index (χ3v) is 6.09. The summed E-state index contributed by atoms with van der Waals surface area (Å²) in [5.41, 5.74) is 1.50. The van der Waals surface area contributed by atoms with Crippen LogP contribution in [0.2, 0.25) is 0 Å². The predicted octanol–water partition coefficient (Wildman–Crippen LogP) is 4.06. The molecule has 2 atom stereocenters. The summed E-state index contributed by atoms with van der Waals surface area (Å²) < 4.78 is 13.2. The summed E-state index contributed by atoms with van der Waals surface area (Å²) in [7, 11) is 0. The molecule has 2 aromatic heterocycles. The number of rotatable bonds is 6. The number of nitrogens with one attached hydrogen (secondary N) is 1. The van der Waals surface area contributed by atoms with Gasteiger partial charge in [0.1, 0.15) is 16.5 Å². The van der Waals surface area contributed by atoms with Gasteiger partial charge < -0.3 is 5.32 Å². The summed E-state index contributed by atoms with van der Waals surface area (Å²) in [6, 6.07) is 11.8. The van der Waals surface area contributed by atoms with E-state index in [9.17, 15) is 9.18 Å². The van der Waals surface area contributed by atoms with E-state index in [4.69, 9.17) is 0 Å². The van der Waals surface area contributed by atoms with Crippen molar-refractivity contribution in [2.24, 2.45) is 5.92 Å². The fourth-order valence-corrected chi connectivity index (χ4v) is 4.62. The molecule has 3 heterocycles. The van der Waals surface area contributed by atoms with Crippen LogP contribution in [-0.2, 0) is 6.54 Å². The standard InChI is InChI=1S/C22H23FN4OS/c23-18-8-6-16(7-9-18)14-27-12-3-4-17(15-27)20(22-25-11-13-29-22)26-21(28)19-5-1-2-10-24-19/h1-2,5-11,13,17,20H,3-4,12,14-15H2,(H,26,28)/t17-,20+/m0/s1. The van der Waals surface area contributed by atoms with Gasteiger partial charge in [0.15, 0.2) is 0 Å². The maximum Gasteiger partial charge on any atom is 0.270 e. The molecule has 0 unspecified atom stereocenters. The molecule has 7 heteroatoms. The van der Waals surface area contributed by atoms with Crippen LogP contribution >= 0.6 is 11.3 Å². The molecule has 5 nitrogen and oxygen atoms in total. The van der Waals surface area contributed by atoms with Crippen LogP contribution in [0.4, 0.5) is 4.39 Å². The lowest BCUT2D eigenvalue weighted by molar-refractivity contribution is 0.0873. The molecular weight excluding hydrogens is 387 g/mol. The number of aromatic nitrogens is 2. The predicted molar refractivity (Wildman–Crippen MR) is 111 cm³/mol. The second-order valence-electron chi connectivity index (χ2n) is 7.30. The van der Waals surface area contributed by atoms with E-state index in [0.717, 1.165) is 43.0 Å². The van der Waals surface area contributed by atoms with E-state index in [1.807, 2.05) is 23.6 Å². The number of carbonyl (C=O) groups excluding carboxylic acids is 1. The Morgan fingerprint density at radius 1 is 1.21 bits per heavy atom. The molecule has 1 saturated heterocycles. The quantitative estimate of drug-likeness (QED) is 0.666. The number of amides is 1. The molecule has 0 spiro atoms. The van der Waals surface area contributed by atoms with Gasteiger partial charge in [-0.2, -0.15) is 0 Å². The highest BCUT2D eigenvalue weighted by Crippen LogP contribution is 2.32. The smallest absolute Gasteiger partial charge is 0.270 e. The lowest BCUT2D eigenvalue weighted by Crippen LogP contribution is -2.42. The Bertz CT molecular complexity index is 918. The number of piperidine rings is 1. The first-order valence-electron chi connectivity index (χ1n) is 9.77. The van der Waals surface area contributed by atoms with Crippen molar-refractivity contribution in [3.63, 3.8) is 0 Å². The van der Waals surface area contributed by atoms with Crippen LogP contribution in [0.5, 0.6) is 0 Å². The molecule has 1 fully saturated rings. The number of hydrogen-bond donors (Lipinski definition) is 1. The number of benzene rings is 1. The van der Waals surface area contributed by atoms with Crippen molar-refractivity contribution in [2.75, 3.05) is 13.1 Å². The Kier molecular flexibility index (Phi) is 6.27. The lowest BCUT2D eigenvalue weighted by Gasteiger charge is -2.36. The fourth-order valence-electron chi connectivity index (χ4n) is 3.84. The summed E-state index contributed by atoms with van der Waals surface area (Å²) in [5.74, 6) is -0.143. The molecule has 1 aliphatic heterocycles. The Morgan fingerprint density at radius 2 is 2.07 bits per heavy atom. The molecule has 0 bridgehead atoms. The van der Waals surface area contributed by atoms with E-state index in [1.165, 1.54) is 12.1 Å². The van der Waals surface area contributed by atoms with Gasteiger partial charge >= 0.3 is 0 Å². The maximum atomic E-state index is 13.2. The van der Waals surface area contributed by atoms with Crippen LogP contribution in [0, 0.1) is 11.7 Å². The van der Waals surface area contributed by atoms with Gasteiger partial charge in [-0.1, -0.05) is 18.2 Å². The number of nitrogens with zero attached hydrogens (tertiary/aromatic N) is 3. The summed E-state index contributed by atoms with van der Waals surface area (Å²) in [6.07, 6.45) is 5.47. The molecule has 1 N–H and O–H groups in total. The van der Waals surface area contributed by atoms with Gasteiger partial charge in [-0.05, 0) is 55.1 Å². The molecule has 0 aliphatic carbocycles. The number of thiazole rings is 1. The Labute approximate surface area is 173 Å². The molecule has 29 heavy (non-hydrogen) atoms. The zero-order chi connectivity index (χ0) is 20.1. The maximum absolute atomic E-state index is 13.2. The third-order valence-electron chi connectivity index (χ3n) is 5.23. The van der Waals surface area contributed by atoms with Crippen molar-refractivity contribution in [1.82, 2.24) is 20.2 Å². The number of carbonyl (C=O) groups is 1. The molecule has 3 aromatic rings. The molecule has 150 valence electrons. The highest BCUT2D eigenvalue weighted by Gasteiger charge is 2.31. The van der Waals surface area contributed by atoms with E-state index in [2.05, 4.69) is 20.2 Å². The molecule has 1 aliphatic rings. The van der Waals surface area contributed by atoms with Gasteiger partial charge in [-0.3, -0.25) is 14.7 Å². The minimum Gasteiger partial charge on any atom is -0.341 e. The molecule has 0 saturated carbocycles. The average molecular weight is 411 g/mol. The number of pyridine rings is 1. The zero-order valence-corrected chi connectivity index (χ0v) is 16.8. The molecule has 1 aromatic carbocycles. The van der Waals surface area contributed by atoms with Gasteiger partial charge in [-0.15, -0.1) is 11.3 Å². The van der Waals surface area contributed by atoms with E-state index in [1.54, 1.807) is 35.9 Å². The van der Waals surface area contributed by atoms with Crippen molar-refractivity contribution >= 4 is 17.2 Å². The highest BCUT2D eigenvalue weighted by atomic mass is 32.1. The Balaban J connectivity index is 1.48. The Hall–Kier alpha value is -2.64. The zero-order valence-electron chi connectivity index (χ0n) is 16.0. The first-order chi connectivity index (χ1) is 14.2. The normalized spacial score (nSPS) is 18.3. The van der Waals surface area contributed by atoms with Gasteiger partial charge in [0.25, 0.3) is 5.91 Å². The molecule has 1 amide bonds. The van der Waals surface area contributed by atoms with Crippen molar-refractivity contribution in [3.05, 3.63) is 82.3 Å². The van der Waals surface area contributed by atoms with Crippen LogP contribution < -0.4 is 5.32 Å². The summed E-state index contributed by atoms with van der Waals surface area (Å²) >= 11 is 1.56. The van der Waals surface area contributed by atoms with E-state index < -0.39 is 0 Å². The molecule has 4 rings (SSSR count). The van der Waals surface area contributed by atoms with Gasteiger partial charge in [0, 0.05) is 30.9 Å². The monoisotopic (exact) mass is 410 g/mol. The first kappa shape index (κ1) is 19.7. The van der Waals surface area contributed by atoms with Gasteiger partial charge in [0.2, 0.25) is 0 Å². The summed E-state index contributed by atoms with van der Waals surface area (Å²) in [5, 5.41) is 6.03. The van der Waals surface area contributed by atoms with Crippen molar-refractivity contribution in [2.45, 2.75) is 25.4 Å². The van der Waals surface area contributed by atoms with Crippen molar-refractivity contribution in [1.29, 1.82) is 0 Å². The van der Waals surface area contributed by atoms with Crippen molar-refractivity contribution in [3.8, 4) is 0 Å². The SMILES string of the molecule is O=C(N[C@@H](c1nccs1)[C@H]1CCCN(Cc2ccc(F)cc2)C1)c1ccccn1. The van der Waals surface area contributed by atoms with Crippen molar-refractivity contribution < 1.29 is 9.18 Å². The number of likely N-dealkylation sites (tertiary alicyclic amines) is 1. The van der Waals surface area contributed by atoms with Gasteiger partial charge in [-0.25, -0.2) is 9.37 Å². The van der Waals surface area contributed by atoms with E-state index in [-0.39, 0.29) is 23.7 Å². The minimum absolute atomic E-state index is 0.152. The van der Waals surface area contributed by atoms with E-state index in [0.29, 0.717) is 5.69 Å². The van der Waals surface area contributed by atoms with Crippen LogP contribution in [0.25, 0.3) is 0 Å². The highest BCUT2D eigenvalue weighted by molar-refractivity contribution is 7.09. The van der Waals surface area contributed by atoms with E-state index >= 15 is 0 Å². The third kappa shape index (κ3) is 5.05. The largest absolute Gasteiger partial charge is 0.341 e. The lowest BCUT2D eigenvalue weighted by atomic mass is 9.90. The molecular formula is C22H23FN4OS. The van der Waals surface area contributed by atoms with Crippen LogP contribution in [0.15, 0.2) is 60.2 Å². The fraction of sp³-hybridized carbons (Fsp3) is 0.318. The second kappa shape index (κ2) is 9.24. The molecule has 0 radical (unpaired) electrons. The van der Waals surface area contributed by atoms with Gasteiger partial charge in [0.05, 0.1) is 6.04 Å². The number of hydrogen-bond acceptors (Lipinski definition) is 5. The topological polar surface area (TPSA) is 58.1 Å². The first-order valence-corrected chi connectivity index (χ1v) is 10.6. The Morgan fingerprint density at radius 3 is 2.79 bits per heavy atom. The average Bonchev–Trinajstić information content (AvgIpc) is 3.29.